The fraction of sp³-hybridized carbons (Fsp3) is 0.588. The van der Waals surface area contributed by atoms with Crippen molar-refractivity contribution in [3.63, 3.8) is 0 Å². The molecule has 25 heavy (non-hydrogen) atoms. The van der Waals surface area contributed by atoms with E-state index in [1.54, 1.807) is 17.0 Å². The van der Waals surface area contributed by atoms with Crippen molar-refractivity contribution in [3.8, 4) is 0 Å². The number of nitrogens with one attached hydrogen (secondary N) is 2. The number of sulfonamides is 1. The van der Waals surface area contributed by atoms with Crippen molar-refractivity contribution < 1.29 is 13.2 Å². The Bertz CT molecular complexity index is 771. The van der Waals surface area contributed by atoms with E-state index in [0.29, 0.717) is 18.6 Å². The van der Waals surface area contributed by atoms with Crippen LogP contribution in [0.4, 0.5) is 5.69 Å². The molecular formula is C17H24ClN3O3S. The van der Waals surface area contributed by atoms with Gasteiger partial charge in [-0.15, -0.1) is 12.4 Å². The highest BCUT2D eigenvalue weighted by atomic mass is 35.5. The van der Waals surface area contributed by atoms with Crippen LogP contribution in [0.2, 0.25) is 0 Å². The van der Waals surface area contributed by atoms with Gasteiger partial charge < -0.3 is 10.2 Å². The van der Waals surface area contributed by atoms with Crippen molar-refractivity contribution in [1.82, 2.24) is 10.0 Å². The Morgan fingerprint density at radius 3 is 2.56 bits per heavy atom. The summed E-state index contributed by atoms with van der Waals surface area (Å²) >= 11 is 0. The number of carbonyl (C=O) groups is 1. The number of nitrogens with zero attached hydrogens (tertiary/aromatic N) is 1. The normalized spacial score (nSPS) is 27.7. The number of anilines is 1. The summed E-state index contributed by atoms with van der Waals surface area (Å²) in [6.45, 7) is 2.14. The lowest BCUT2D eigenvalue weighted by Crippen LogP contribution is -2.47. The lowest BCUT2D eigenvalue weighted by atomic mass is 10.0. The Morgan fingerprint density at radius 1 is 1.24 bits per heavy atom. The van der Waals surface area contributed by atoms with E-state index < -0.39 is 10.0 Å². The molecule has 1 aromatic carbocycles. The number of piperidine rings is 1. The van der Waals surface area contributed by atoms with Crippen molar-refractivity contribution >= 4 is 34.0 Å². The summed E-state index contributed by atoms with van der Waals surface area (Å²) in [6.07, 6.45) is 4.74. The topological polar surface area (TPSA) is 78.5 Å². The zero-order valence-corrected chi connectivity index (χ0v) is 15.8. The maximum absolute atomic E-state index is 12.8. The van der Waals surface area contributed by atoms with E-state index in [1.807, 2.05) is 6.07 Å². The summed E-state index contributed by atoms with van der Waals surface area (Å²) < 4.78 is 28.4. The van der Waals surface area contributed by atoms with Crippen molar-refractivity contribution in [2.24, 2.45) is 0 Å². The number of fused-ring (bicyclic) bond motifs is 3. The Balaban J connectivity index is 0.00000182. The van der Waals surface area contributed by atoms with Crippen LogP contribution < -0.4 is 14.9 Å². The number of carbonyl (C=O) groups excluding carboxylic acids is 1. The van der Waals surface area contributed by atoms with Crippen molar-refractivity contribution in [2.45, 2.75) is 62.0 Å². The lowest BCUT2D eigenvalue weighted by molar-refractivity contribution is -0.116. The van der Waals surface area contributed by atoms with Crippen LogP contribution in [0.1, 0.15) is 38.2 Å². The standard InChI is InChI=1S/C17H23N3O3S.ClH/c1-11(21)20-7-6-12-2-5-16(10-17(12)20)24(22,23)19-15-8-13-3-4-14(9-15)18-13;/h2,5,10,13-15,18-19H,3-4,6-9H2,1H3;1H. The highest BCUT2D eigenvalue weighted by molar-refractivity contribution is 7.89. The molecule has 3 aliphatic heterocycles. The van der Waals surface area contributed by atoms with E-state index in [1.165, 1.54) is 6.92 Å². The number of amides is 1. The van der Waals surface area contributed by atoms with E-state index in [2.05, 4.69) is 10.0 Å². The quantitative estimate of drug-likeness (QED) is 0.828. The van der Waals surface area contributed by atoms with E-state index >= 15 is 0 Å². The van der Waals surface area contributed by atoms with Gasteiger partial charge in [0.25, 0.3) is 0 Å². The number of hydrogen-bond donors (Lipinski definition) is 2. The molecule has 6 nitrogen and oxygen atoms in total. The van der Waals surface area contributed by atoms with Gasteiger partial charge >= 0.3 is 0 Å². The smallest absolute Gasteiger partial charge is 0.240 e. The van der Waals surface area contributed by atoms with Gasteiger partial charge in [-0.05, 0) is 49.8 Å². The van der Waals surface area contributed by atoms with E-state index in [-0.39, 0.29) is 29.3 Å². The van der Waals surface area contributed by atoms with Crippen molar-refractivity contribution in [2.75, 3.05) is 11.4 Å². The summed E-state index contributed by atoms with van der Waals surface area (Å²) in [5, 5.41) is 3.52. The highest BCUT2D eigenvalue weighted by Crippen LogP contribution is 2.32. The molecule has 2 fully saturated rings. The van der Waals surface area contributed by atoms with Crippen molar-refractivity contribution in [3.05, 3.63) is 23.8 Å². The first-order valence-electron chi connectivity index (χ1n) is 8.62. The highest BCUT2D eigenvalue weighted by Gasteiger charge is 2.35. The van der Waals surface area contributed by atoms with Crippen LogP contribution >= 0.6 is 12.4 Å². The Morgan fingerprint density at radius 2 is 1.92 bits per heavy atom. The fourth-order valence-corrected chi connectivity index (χ4v) is 5.58. The summed E-state index contributed by atoms with van der Waals surface area (Å²) in [5.74, 6) is -0.0498. The van der Waals surface area contributed by atoms with Gasteiger partial charge in [0, 0.05) is 37.3 Å². The van der Waals surface area contributed by atoms with Gasteiger partial charge in [-0.1, -0.05) is 6.07 Å². The first-order chi connectivity index (χ1) is 11.4. The summed E-state index contributed by atoms with van der Waals surface area (Å²) in [7, 11) is -3.57. The summed E-state index contributed by atoms with van der Waals surface area (Å²) in [5.41, 5.74) is 1.76. The SMILES string of the molecule is CC(=O)N1CCc2ccc(S(=O)(=O)NC3CC4CCC(C3)N4)cc21.Cl. The van der Waals surface area contributed by atoms with Gasteiger partial charge in [-0.3, -0.25) is 4.79 Å². The predicted molar refractivity (Wildman–Crippen MR) is 98.7 cm³/mol. The molecule has 138 valence electrons. The molecule has 0 spiro atoms. The molecule has 2 saturated heterocycles. The minimum atomic E-state index is -3.57. The molecule has 0 saturated carbocycles. The third kappa shape index (κ3) is 3.56. The zero-order valence-electron chi connectivity index (χ0n) is 14.2. The van der Waals surface area contributed by atoms with Crippen LogP contribution in [0.15, 0.2) is 23.1 Å². The Kier molecular flexibility index (Phi) is 5.12. The molecule has 0 aliphatic carbocycles. The molecule has 2 atom stereocenters. The maximum atomic E-state index is 12.8. The average molecular weight is 386 g/mol. The first-order valence-corrected chi connectivity index (χ1v) is 10.1. The van der Waals surface area contributed by atoms with Gasteiger partial charge in [0.15, 0.2) is 0 Å². The molecule has 3 heterocycles. The van der Waals surface area contributed by atoms with E-state index in [9.17, 15) is 13.2 Å². The average Bonchev–Trinajstić information content (AvgIpc) is 3.09. The molecule has 1 amide bonds. The molecule has 0 aromatic heterocycles. The number of hydrogen-bond acceptors (Lipinski definition) is 4. The molecule has 2 unspecified atom stereocenters. The maximum Gasteiger partial charge on any atom is 0.240 e. The lowest BCUT2D eigenvalue weighted by Gasteiger charge is -2.29. The van der Waals surface area contributed by atoms with Crippen LogP contribution in [0.25, 0.3) is 0 Å². The number of benzene rings is 1. The van der Waals surface area contributed by atoms with E-state index in [0.717, 1.165) is 43.4 Å². The second-order valence-corrected chi connectivity index (χ2v) is 8.85. The van der Waals surface area contributed by atoms with Gasteiger partial charge in [0.2, 0.25) is 15.9 Å². The summed E-state index contributed by atoms with van der Waals surface area (Å²) in [6, 6.07) is 5.99. The van der Waals surface area contributed by atoms with Crippen molar-refractivity contribution in [1.29, 1.82) is 0 Å². The molecule has 0 radical (unpaired) electrons. The van der Waals surface area contributed by atoms with E-state index in [4.69, 9.17) is 0 Å². The monoisotopic (exact) mass is 385 g/mol. The number of halogens is 1. The minimum absolute atomic E-state index is 0. The van der Waals surface area contributed by atoms with Crippen LogP contribution in [0, 0.1) is 0 Å². The second-order valence-electron chi connectivity index (χ2n) is 7.14. The minimum Gasteiger partial charge on any atom is -0.312 e. The largest absolute Gasteiger partial charge is 0.312 e. The number of rotatable bonds is 3. The van der Waals surface area contributed by atoms with Crippen LogP contribution in [0.5, 0.6) is 0 Å². The molecular weight excluding hydrogens is 362 g/mol. The molecule has 1 aromatic rings. The summed E-state index contributed by atoms with van der Waals surface area (Å²) in [4.78, 5) is 13.6. The third-order valence-corrected chi connectivity index (χ3v) is 6.96. The van der Waals surface area contributed by atoms with Gasteiger partial charge in [0.05, 0.1) is 4.90 Å². The van der Waals surface area contributed by atoms with Gasteiger partial charge in [0.1, 0.15) is 0 Å². The van der Waals surface area contributed by atoms with Gasteiger partial charge in [-0.25, -0.2) is 13.1 Å². The van der Waals surface area contributed by atoms with Gasteiger partial charge in [-0.2, -0.15) is 0 Å². The van der Waals surface area contributed by atoms with Crippen LogP contribution in [-0.4, -0.2) is 39.0 Å². The Labute approximate surface area is 154 Å². The molecule has 8 heteroatoms. The third-order valence-electron chi connectivity index (χ3n) is 5.44. The predicted octanol–water partition coefficient (Wildman–Crippen LogP) is 1.58. The van der Waals surface area contributed by atoms with Crippen LogP contribution in [-0.2, 0) is 21.2 Å². The fourth-order valence-electron chi connectivity index (χ4n) is 4.29. The zero-order chi connectivity index (χ0) is 16.9. The molecule has 3 aliphatic rings. The second kappa shape index (κ2) is 6.87. The molecule has 2 bridgehead atoms. The Hall–Kier alpha value is -1.15. The molecule has 4 rings (SSSR count). The first kappa shape index (κ1) is 18.6. The molecule has 2 N–H and O–H groups in total. The van der Waals surface area contributed by atoms with Crippen LogP contribution in [0.3, 0.4) is 0 Å².